The summed E-state index contributed by atoms with van der Waals surface area (Å²) in [6.45, 7) is 5.78. The van der Waals surface area contributed by atoms with Gasteiger partial charge < -0.3 is 5.11 Å². The van der Waals surface area contributed by atoms with E-state index in [0.29, 0.717) is 5.92 Å². The van der Waals surface area contributed by atoms with Crippen molar-refractivity contribution in [2.24, 2.45) is 23.7 Å². The van der Waals surface area contributed by atoms with Crippen LogP contribution in [0, 0.1) is 35.5 Å². The van der Waals surface area contributed by atoms with E-state index in [2.05, 4.69) is 24.8 Å². The fraction of sp³-hybridized carbons (Fsp3) is 0.833. The minimum atomic E-state index is -0.878. The summed E-state index contributed by atoms with van der Waals surface area (Å²) in [5.41, 5.74) is -0.878. The third-order valence-electron chi connectivity index (χ3n) is 6.42. The normalized spacial score (nSPS) is 30.9. The molecule has 25 heavy (non-hydrogen) atoms. The highest BCUT2D eigenvalue weighted by Crippen LogP contribution is 2.42. The lowest BCUT2D eigenvalue weighted by molar-refractivity contribution is 0.143. The maximum atomic E-state index is 9.61. The van der Waals surface area contributed by atoms with E-state index < -0.39 is 5.60 Å². The molecule has 1 nitrogen and oxygen atoms in total. The molecule has 0 spiro atoms. The second-order valence-electron chi connectivity index (χ2n) is 9.14. The zero-order valence-electron chi connectivity index (χ0n) is 16.9. The Morgan fingerprint density at radius 1 is 0.920 bits per heavy atom. The summed E-state index contributed by atoms with van der Waals surface area (Å²) in [5, 5.41) is 9.61. The zero-order valence-corrected chi connectivity index (χ0v) is 16.9. The second kappa shape index (κ2) is 10.4. The van der Waals surface area contributed by atoms with Crippen molar-refractivity contribution in [1.82, 2.24) is 0 Å². The molecule has 0 aliphatic heterocycles. The van der Waals surface area contributed by atoms with Crippen LogP contribution < -0.4 is 0 Å². The van der Waals surface area contributed by atoms with Crippen LogP contribution in [-0.4, -0.2) is 10.7 Å². The average Bonchev–Trinajstić information content (AvgIpc) is 2.59. The molecule has 0 bridgehead atoms. The molecule has 2 saturated carbocycles. The van der Waals surface area contributed by atoms with Crippen LogP contribution in [0.3, 0.4) is 0 Å². The van der Waals surface area contributed by atoms with Crippen molar-refractivity contribution in [3.05, 3.63) is 12.2 Å². The van der Waals surface area contributed by atoms with Gasteiger partial charge in [-0.1, -0.05) is 63.4 Å². The van der Waals surface area contributed by atoms with Crippen LogP contribution in [0.2, 0.25) is 0 Å². The minimum Gasteiger partial charge on any atom is -0.378 e. The summed E-state index contributed by atoms with van der Waals surface area (Å²) in [6.07, 6.45) is 21.5. The lowest BCUT2D eigenvalue weighted by Gasteiger charge is -2.37. The van der Waals surface area contributed by atoms with E-state index in [0.717, 1.165) is 17.8 Å². The molecule has 2 aliphatic carbocycles. The summed E-state index contributed by atoms with van der Waals surface area (Å²) in [7, 11) is 0. The number of rotatable bonds is 6. The van der Waals surface area contributed by atoms with E-state index >= 15 is 0 Å². The second-order valence-corrected chi connectivity index (χ2v) is 9.14. The van der Waals surface area contributed by atoms with Crippen molar-refractivity contribution in [3.8, 4) is 11.8 Å². The van der Waals surface area contributed by atoms with Crippen molar-refractivity contribution >= 4 is 0 Å². The zero-order chi connectivity index (χ0) is 18.1. The van der Waals surface area contributed by atoms with Gasteiger partial charge in [-0.25, -0.2) is 0 Å². The van der Waals surface area contributed by atoms with Crippen LogP contribution in [0.4, 0.5) is 0 Å². The van der Waals surface area contributed by atoms with E-state index in [4.69, 9.17) is 0 Å². The van der Waals surface area contributed by atoms with Crippen molar-refractivity contribution in [1.29, 1.82) is 0 Å². The van der Waals surface area contributed by atoms with E-state index in [1.807, 2.05) is 6.08 Å². The number of aliphatic hydroxyl groups is 1. The Labute approximate surface area is 156 Å². The van der Waals surface area contributed by atoms with Gasteiger partial charge in [0.15, 0.2) is 0 Å². The Hall–Kier alpha value is -0.740. The Bertz CT molecular complexity index is 443. The molecule has 0 aromatic heterocycles. The molecule has 2 fully saturated rings. The third kappa shape index (κ3) is 8.00. The van der Waals surface area contributed by atoms with Crippen molar-refractivity contribution in [3.63, 3.8) is 0 Å². The van der Waals surface area contributed by atoms with Crippen molar-refractivity contribution in [2.75, 3.05) is 0 Å². The molecule has 2 rings (SSSR count). The number of unbranched alkanes of at least 4 members (excludes halogenated alkanes) is 2. The maximum Gasteiger partial charge on any atom is 0.120 e. The van der Waals surface area contributed by atoms with Crippen LogP contribution in [0.5, 0.6) is 0 Å². The van der Waals surface area contributed by atoms with Crippen molar-refractivity contribution in [2.45, 2.75) is 103 Å². The van der Waals surface area contributed by atoms with Gasteiger partial charge in [0.05, 0.1) is 0 Å². The van der Waals surface area contributed by atoms with Gasteiger partial charge in [0.25, 0.3) is 0 Å². The van der Waals surface area contributed by atoms with E-state index in [1.54, 1.807) is 13.8 Å². The van der Waals surface area contributed by atoms with E-state index in [-0.39, 0.29) is 0 Å². The van der Waals surface area contributed by atoms with Crippen LogP contribution in [0.25, 0.3) is 0 Å². The molecule has 0 saturated heterocycles. The SMILES string of the molecule is CCCCC[C@H]1CC[C@H]([C@H]2CC[C@H](C=CC#CC(C)(C)O)CC2)CC1. The Kier molecular flexibility index (Phi) is 8.57. The first-order valence-electron chi connectivity index (χ1n) is 10.9. The summed E-state index contributed by atoms with van der Waals surface area (Å²) < 4.78 is 0. The predicted molar refractivity (Wildman–Crippen MR) is 108 cm³/mol. The molecule has 1 heteroatoms. The van der Waals surface area contributed by atoms with E-state index in [9.17, 15) is 5.11 Å². The molecule has 0 aromatic carbocycles. The Morgan fingerprint density at radius 2 is 1.52 bits per heavy atom. The van der Waals surface area contributed by atoms with Gasteiger partial charge in [0, 0.05) is 0 Å². The van der Waals surface area contributed by atoms with Gasteiger partial charge in [-0.15, -0.1) is 0 Å². The number of hydrogen-bond acceptors (Lipinski definition) is 1. The highest BCUT2D eigenvalue weighted by atomic mass is 16.3. The van der Waals surface area contributed by atoms with Crippen molar-refractivity contribution < 1.29 is 5.11 Å². The lowest BCUT2D eigenvalue weighted by atomic mass is 9.68. The summed E-state index contributed by atoms with van der Waals surface area (Å²) >= 11 is 0. The first kappa shape index (κ1) is 20.6. The standard InChI is InChI=1S/C24H40O/c1-4-5-6-9-20-11-15-22(16-12-20)23-17-13-21(14-18-23)10-7-8-19-24(2,3)25/h7,10,20-23,25H,4-6,9,11-18H2,1-3H3/t20-,21-,22-,23-. The molecule has 0 aromatic rings. The Morgan fingerprint density at radius 3 is 2.08 bits per heavy atom. The smallest absolute Gasteiger partial charge is 0.120 e. The van der Waals surface area contributed by atoms with Crippen LogP contribution >= 0.6 is 0 Å². The molecule has 0 heterocycles. The molecular weight excluding hydrogens is 304 g/mol. The maximum absolute atomic E-state index is 9.61. The predicted octanol–water partition coefficient (Wildman–Crippen LogP) is 6.51. The molecule has 0 unspecified atom stereocenters. The number of allylic oxidation sites excluding steroid dienone is 2. The van der Waals surface area contributed by atoms with Gasteiger partial charge in [0.2, 0.25) is 0 Å². The fourth-order valence-electron chi connectivity index (χ4n) is 4.84. The molecule has 0 atom stereocenters. The molecular formula is C24H40O. The third-order valence-corrected chi connectivity index (χ3v) is 6.42. The van der Waals surface area contributed by atoms with Gasteiger partial charge in [-0.2, -0.15) is 0 Å². The minimum absolute atomic E-state index is 0.706. The molecule has 0 amide bonds. The summed E-state index contributed by atoms with van der Waals surface area (Å²) in [5.74, 6) is 9.61. The Balaban J connectivity index is 1.65. The monoisotopic (exact) mass is 344 g/mol. The highest BCUT2D eigenvalue weighted by molar-refractivity contribution is 5.21. The average molecular weight is 345 g/mol. The number of hydrogen-bond donors (Lipinski definition) is 1. The highest BCUT2D eigenvalue weighted by Gasteiger charge is 2.30. The first-order valence-corrected chi connectivity index (χ1v) is 10.9. The van der Waals surface area contributed by atoms with Gasteiger partial charge in [0.1, 0.15) is 5.60 Å². The summed E-state index contributed by atoms with van der Waals surface area (Å²) in [4.78, 5) is 0. The topological polar surface area (TPSA) is 20.2 Å². The van der Waals surface area contributed by atoms with Crippen LogP contribution in [0.1, 0.15) is 97.8 Å². The van der Waals surface area contributed by atoms with Crippen LogP contribution in [0.15, 0.2) is 12.2 Å². The van der Waals surface area contributed by atoms with Gasteiger partial charge in [-0.05, 0) is 82.1 Å². The van der Waals surface area contributed by atoms with Crippen LogP contribution in [-0.2, 0) is 0 Å². The van der Waals surface area contributed by atoms with Gasteiger partial charge in [-0.3, -0.25) is 0 Å². The first-order chi connectivity index (χ1) is 12.0. The largest absolute Gasteiger partial charge is 0.378 e. The quantitative estimate of drug-likeness (QED) is 0.430. The van der Waals surface area contributed by atoms with E-state index in [1.165, 1.54) is 77.0 Å². The molecule has 2 aliphatic rings. The van der Waals surface area contributed by atoms with Gasteiger partial charge >= 0.3 is 0 Å². The lowest BCUT2D eigenvalue weighted by Crippen LogP contribution is -2.25. The molecule has 1 N–H and O–H groups in total. The fourth-order valence-corrected chi connectivity index (χ4v) is 4.84. The summed E-state index contributed by atoms with van der Waals surface area (Å²) in [6, 6.07) is 0. The molecule has 142 valence electrons. The molecule has 0 radical (unpaired) electrons.